The number of fused-ring (bicyclic) bond motifs is 1. The van der Waals surface area contributed by atoms with Crippen molar-refractivity contribution in [3.8, 4) is 11.3 Å². The molecule has 0 bridgehead atoms. The number of oxime groups is 1. The third-order valence-corrected chi connectivity index (χ3v) is 2.92. The Morgan fingerprint density at radius 1 is 1.11 bits per heavy atom. The summed E-state index contributed by atoms with van der Waals surface area (Å²) in [5.74, 6) is 0.0804. The number of amidine groups is 1. The van der Waals surface area contributed by atoms with Gasteiger partial charge in [0.05, 0.1) is 5.69 Å². The summed E-state index contributed by atoms with van der Waals surface area (Å²) in [7, 11) is 0. The van der Waals surface area contributed by atoms with Crippen LogP contribution in [0, 0.1) is 0 Å². The van der Waals surface area contributed by atoms with Gasteiger partial charge >= 0.3 is 0 Å². The van der Waals surface area contributed by atoms with E-state index in [9.17, 15) is 0 Å². The van der Waals surface area contributed by atoms with Crippen LogP contribution < -0.4 is 5.73 Å². The third kappa shape index (κ3) is 2.01. The van der Waals surface area contributed by atoms with Gasteiger partial charge in [-0.05, 0) is 12.1 Å². The van der Waals surface area contributed by atoms with Gasteiger partial charge in [0.25, 0.3) is 0 Å². The van der Waals surface area contributed by atoms with Crippen LogP contribution in [0.2, 0.25) is 0 Å². The minimum Gasteiger partial charge on any atom is -0.409 e. The van der Waals surface area contributed by atoms with E-state index in [-0.39, 0.29) is 5.84 Å². The van der Waals surface area contributed by atoms with Crippen molar-refractivity contribution in [1.29, 1.82) is 0 Å². The minimum absolute atomic E-state index is 0.0804. The molecule has 0 unspecified atom stereocenters. The Balaban J connectivity index is 2.11. The van der Waals surface area contributed by atoms with Crippen LogP contribution >= 0.6 is 0 Å². The lowest BCUT2D eigenvalue weighted by Gasteiger charge is -1.98. The molecular weight excluding hydrogens is 240 g/mol. The molecule has 5 heteroatoms. The van der Waals surface area contributed by atoms with Gasteiger partial charge in [-0.25, -0.2) is 4.98 Å². The number of benzene rings is 1. The quantitative estimate of drug-likeness (QED) is 0.317. The molecule has 94 valence electrons. The monoisotopic (exact) mass is 252 g/mol. The van der Waals surface area contributed by atoms with Crippen LogP contribution in [0.4, 0.5) is 0 Å². The largest absolute Gasteiger partial charge is 0.409 e. The SMILES string of the molecule is N/C(=N\O)c1ccc2nc(-c3ccccc3)cn2c1. The zero-order chi connectivity index (χ0) is 13.2. The molecule has 0 atom stereocenters. The standard InChI is InChI=1S/C14H12N4O/c15-14(17-19)11-6-7-13-16-12(9-18(13)8-11)10-4-2-1-3-5-10/h1-9,19H,(H2,15,17). The van der Waals surface area contributed by atoms with E-state index in [4.69, 9.17) is 10.9 Å². The van der Waals surface area contributed by atoms with Crippen molar-refractivity contribution in [3.63, 3.8) is 0 Å². The molecule has 0 amide bonds. The van der Waals surface area contributed by atoms with Crippen LogP contribution in [0.25, 0.3) is 16.9 Å². The number of imidazole rings is 1. The molecule has 0 fully saturated rings. The number of hydrogen-bond donors (Lipinski definition) is 2. The van der Waals surface area contributed by atoms with Crippen LogP contribution in [-0.4, -0.2) is 20.4 Å². The maximum absolute atomic E-state index is 8.68. The molecule has 3 N–H and O–H groups in total. The summed E-state index contributed by atoms with van der Waals surface area (Å²) in [6.45, 7) is 0. The fraction of sp³-hybridized carbons (Fsp3) is 0. The molecule has 0 radical (unpaired) electrons. The van der Waals surface area contributed by atoms with Crippen molar-refractivity contribution >= 4 is 11.5 Å². The van der Waals surface area contributed by atoms with Gasteiger partial charge < -0.3 is 15.3 Å². The van der Waals surface area contributed by atoms with E-state index >= 15 is 0 Å². The number of hydrogen-bond acceptors (Lipinski definition) is 3. The normalized spacial score (nSPS) is 11.9. The highest BCUT2D eigenvalue weighted by molar-refractivity contribution is 5.97. The molecule has 5 nitrogen and oxygen atoms in total. The topological polar surface area (TPSA) is 75.9 Å². The van der Waals surface area contributed by atoms with Gasteiger partial charge in [0.2, 0.25) is 0 Å². The Morgan fingerprint density at radius 3 is 2.63 bits per heavy atom. The Morgan fingerprint density at radius 2 is 1.89 bits per heavy atom. The van der Waals surface area contributed by atoms with Crippen molar-refractivity contribution in [1.82, 2.24) is 9.38 Å². The highest BCUT2D eigenvalue weighted by Gasteiger charge is 2.06. The van der Waals surface area contributed by atoms with Gasteiger partial charge in [0, 0.05) is 23.5 Å². The maximum Gasteiger partial charge on any atom is 0.171 e. The number of nitrogens with two attached hydrogens (primary N) is 1. The molecule has 0 saturated heterocycles. The smallest absolute Gasteiger partial charge is 0.171 e. The van der Waals surface area contributed by atoms with Gasteiger partial charge in [0.15, 0.2) is 5.84 Å². The van der Waals surface area contributed by atoms with Crippen molar-refractivity contribution in [2.75, 3.05) is 0 Å². The minimum atomic E-state index is 0.0804. The second kappa shape index (κ2) is 4.45. The fourth-order valence-corrected chi connectivity index (χ4v) is 1.95. The molecule has 0 saturated carbocycles. The summed E-state index contributed by atoms with van der Waals surface area (Å²) in [6.07, 6.45) is 3.70. The van der Waals surface area contributed by atoms with E-state index in [0.717, 1.165) is 16.9 Å². The number of nitrogens with zero attached hydrogens (tertiary/aromatic N) is 3. The lowest BCUT2D eigenvalue weighted by molar-refractivity contribution is 0.318. The first kappa shape index (κ1) is 11.3. The van der Waals surface area contributed by atoms with Crippen molar-refractivity contribution < 1.29 is 5.21 Å². The number of pyridine rings is 1. The van der Waals surface area contributed by atoms with Gasteiger partial charge in [-0.1, -0.05) is 35.5 Å². The summed E-state index contributed by atoms with van der Waals surface area (Å²) in [4.78, 5) is 4.53. The highest BCUT2D eigenvalue weighted by atomic mass is 16.4. The van der Waals surface area contributed by atoms with Crippen molar-refractivity contribution in [3.05, 3.63) is 60.4 Å². The summed E-state index contributed by atoms with van der Waals surface area (Å²) in [5.41, 5.74) is 8.97. The van der Waals surface area contributed by atoms with Gasteiger partial charge in [0.1, 0.15) is 5.65 Å². The molecule has 0 aliphatic heterocycles. The van der Waals surface area contributed by atoms with Gasteiger partial charge in [-0.2, -0.15) is 0 Å². The van der Waals surface area contributed by atoms with Crippen LogP contribution in [0.15, 0.2) is 60.0 Å². The average Bonchev–Trinajstić information content (AvgIpc) is 2.90. The molecule has 0 aliphatic rings. The van der Waals surface area contributed by atoms with Crippen molar-refractivity contribution in [2.24, 2.45) is 10.9 Å². The van der Waals surface area contributed by atoms with Gasteiger partial charge in [-0.3, -0.25) is 0 Å². The van der Waals surface area contributed by atoms with Crippen molar-refractivity contribution in [2.45, 2.75) is 0 Å². The molecule has 0 spiro atoms. The van der Waals surface area contributed by atoms with E-state index in [1.807, 2.05) is 47.0 Å². The van der Waals surface area contributed by atoms with E-state index in [0.29, 0.717) is 5.56 Å². The lowest BCUT2D eigenvalue weighted by Crippen LogP contribution is -2.13. The maximum atomic E-state index is 8.68. The molecule has 3 aromatic rings. The molecule has 2 heterocycles. The van der Waals surface area contributed by atoms with E-state index in [2.05, 4.69) is 10.1 Å². The molecular formula is C14H12N4O. The second-order valence-electron chi connectivity index (χ2n) is 4.16. The van der Waals surface area contributed by atoms with Crippen LogP contribution in [0.5, 0.6) is 0 Å². The highest BCUT2D eigenvalue weighted by Crippen LogP contribution is 2.18. The molecule has 2 aromatic heterocycles. The Kier molecular flexibility index (Phi) is 2.64. The predicted octanol–water partition coefficient (Wildman–Crippen LogP) is 2.10. The Bertz CT molecular complexity index is 746. The second-order valence-corrected chi connectivity index (χ2v) is 4.16. The van der Waals surface area contributed by atoms with E-state index in [1.165, 1.54) is 0 Å². The summed E-state index contributed by atoms with van der Waals surface area (Å²) in [6, 6.07) is 13.5. The summed E-state index contributed by atoms with van der Waals surface area (Å²) in [5, 5.41) is 11.7. The molecule has 1 aromatic carbocycles. The van der Waals surface area contributed by atoms with Crippen LogP contribution in [-0.2, 0) is 0 Å². The third-order valence-electron chi connectivity index (χ3n) is 2.92. The summed E-state index contributed by atoms with van der Waals surface area (Å²) >= 11 is 0. The number of aromatic nitrogens is 2. The van der Waals surface area contributed by atoms with E-state index in [1.54, 1.807) is 12.3 Å². The predicted molar refractivity (Wildman–Crippen MR) is 73.1 cm³/mol. The average molecular weight is 252 g/mol. The first-order valence-electron chi connectivity index (χ1n) is 5.80. The van der Waals surface area contributed by atoms with Crippen LogP contribution in [0.1, 0.15) is 5.56 Å². The number of rotatable bonds is 2. The zero-order valence-electron chi connectivity index (χ0n) is 10.1. The van der Waals surface area contributed by atoms with Crippen LogP contribution in [0.3, 0.4) is 0 Å². The Hall–Kier alpha value is -2.82. The lowest BCUT2D eigenvalue weighted by atomic mass is 10.2. The fourth-order valence-electron chi connectivity index (χ4n) is 1.95. The Labute approximate surface area is 109 Å². The zero-order valence-corrected chi connectivity index (χ0v) is 10.1. The van der Waals surface area contributed by atoms with Gasteiger partial charge in [-0.15, -0.1) is 0 Å². The molecule has 0 aliphatic carbocycles. The molecule has 3 rings (SSSR count). The summed E-state index contributed by atoms with van der Waals surface area (Å²) < 4.78 is 1.86. The molecule has 19 heavy (non-hydrogen) atoms. The van der Waals surface area contributed by atoms with E-state index < -0.39 is 0 Å². The first-order valence-corrected chi connectivity index (χ1v) is 5.80. The first-order chi connectivity index (χ1) is 9.28.